The molecule has 0 aliphatic heterocycles. The molecule has 3 N–H and O–H groups in total. The van der Waals surface area contributed by atoms with Crippen LogP contribution in [0.4, 0.5) is 0 Å². The highest BCUT2D eigenvalue weighted by atomic mass is 16.4. The molecule has 1 aromatic heterocycles. The van der Waals surface area contributed by atoms with Gasteiger partial charge >= 0.3 is 11.9 Å². The van der Waals surface area contributed by atoms with Gasteiger partial charge in [0.25, 0.3) is 0 Å². The van der Waals surface area contributed by atoms with Gasteiger partial charge in [-0.25, -0.2) is 0 Å². The van der Waals surface area contributed by atoms with E-state index in [1.807, 2.05) is 6.07 Å². The van der Waals surface area contributed by atoms with Crippen molar-refractivity contribution in [3.63, 3.8) is 0 Å². The number of benzene rings is 1. The molecule has 0 atom stereocenters. The molecule has 1 heterocycles. The maximum atomic E-state index is 10.8. The van der Waals surface area contributed by atoms with Crippen molar-refractivity contribution in [1.82, 2.24) is 10.2 Å². The number of carbonyl (C=O) groups is 2. The highest BCUT2D eigenvalue weighted by Gasteiger charge is 2.25. The summed E-state index contributed by atoms with van der Waals surface area (Å²) in [5, 5.41) is 24.3. The van der Waals surface area contributed by atoms with Crippen molar-refractivity contribution in [2.75, 3.05) is 0 Å². The Labute approximate surface area is 108 Å². The van der Waals surface area contributed by atoms with Crippen molar-refractivity contribution >= 4 is 11.9 Å². The fourth-order valence-corrected chi connectivity index (χ4v) is 1.75. The van der Waals surface area contributed by atoms with E-state index in [0.717, 1.165) is 11.3 Å². The van der Waals surface area contributed by atoms with E-state index in [-0.39, 0.29) is 6.42 Å². The monoisotopic (exact) mass is 260 g/mol. The summed E-state index contributed by atoms with van der Waals surface area (Å²) in [6.07, 6.45) is 1.67. The zero-order chi connectivity index (χ0) is 13.8. The predicted octanol–water partition coefficient (Wildman–Crippen LogP) is 1.40. The summed E-state index contributed by atoms with van der Waals surface area (Å²) in [4.78, 5) is 21.6. The van der Waals surface area contributed by atoms with Crippen molar-refractivity contribution in [1.29, 1.82) is 0 Å². The molecule has 0 radical (unpaired) electrons. The Balaban J connectivity index is 2.15. The Bertz CT molecular complexity index is 561. The van der Waals surface area contributed by atoms with Crippen LogP contribution in [-0.4, -0.2) is 32.3 Å². The SMILES string of the molecule is O=C(O)C(Cc1ccc(-c2cc[nH]n2)cc1)C(=O)O. The van der Waals surface area contributed by atoms with Crippen LogP contribution in [0.25, 0.3) is 11.3 Å². The van der Waals surface area contributed by atoms with Crippen LogP contribution in [0.15, 0.2) is 36.5 Å². The Morgan fingerprint density at radius 2 is 1.74 bits per heavy atom. The zero-order valence-electron chi connectivity index (χ0n) is 9.91. The maximum absolute atomic E-state index is 10.8. The molecule has 0 fully saturated rings. The van der Waals surface area contributed by atoms with Crippen molar-refractivity contribution in [3.8, 4) is 11.3 Å². The fraction of sp³-hybridized carbons (Fsp3) is 0.154. The van der Waals surface area contributed by atoms with Crippen molar-refractivity contribution in [3.05, 3.63) is 42.1 Å². The number of carboxylic acids is 2. The first kappa shape index (κ1) is 12.8. The van der Waals surface area contributed by atoms with Gasteiger partial charge in [-0.3, -0.25) is 14.7 Å². The fourth-order valence-electron chi connectivity index (χ4n) is 1.75. The first-order chi connectivity index (χ1) is 9.08. The van der Waals surface area contributed by atoms with Crippen LogP contribution in [0.5, 0.6) is 0 Å². The first-order valence-corrected chi connectivity index (χ1v) is 5.62. The highest BCUT2D eigenvalue weighted by molar-refractivity contribution is 5.93. The third-order valence-corrected chi connectivity index (χ3v) is 2.79. The molecule has 0 aliphatic rings. The molecule has 0 spiro atoms. The van der Waals surface area contributed by atoms with Crippen molar-refractivity contribution in [2.45, 2.75) is 6.42 Å². The molecule has 0 saturated carbocycles. The van der Waals surface area contributed by atoms with Crippen LogP contribution in [0.2, 0.25) is 0 Å². The van der Waals surface area contributed by atoms with Crippen molar-refractivity contribution < 1.29 is 19.8 Å². The van der Waals surface area contributed by atoms with E-state index in [1.54, 1.807) is 30.5 Å². The molecule has 6 nitrogen and oxygen atoms in total. The number of aliphatic carboxylic acids is 2. The molecular formula is C13H12N2O4. The number of nitrogens with zero attached hydrogens (tertiary/aromatic N) is 1. The molecule has 0 saturated heterocycles. The summed E-state index contributed by atoms with van der Waals surface area (Å²) in [6, 6.07) is 8.80. The molecule has 1 aromatic carbocycles. The van der Waals surface area contributed by atoms with Gasteiger partial charge in [0, 0.05) is 11.8 Å². The van der Waals surface area contributed by atoms with E-state index in [0.29, 0.717) is 5.56 Å². The summed E-state index contributed by atoms with van der Waals surface area (Å²) >= 11 is 0. The van der Waals surface area contributed by atoms with Gasteiger partial charge in [-0.2, -0.15) is 5.10 Å². The topological polar surface area (TPSA) is 103 Å². The van der Waals surface area contributed by atoms with Gasteiger partial charge in [0.15, 0.2) is 5.92 Å². The summed E-state index contributed by atoms with van der Waals surface area (Å²) in [5.74, 6) is -4.08. The smallest absolute Gasteiger partial charge is 0.318 e. The molecule has 0 amide bonds. The molecule has 19 heavy (non-hydrogen) atoms. The largest absolute Gasteiger partial charge is 0.481 e. The average Bonchev–Trinajstić information content (AvgIpc) is 2.89. The summed E-state index contributed by atoms with van der Waals surface area (Å²) in [6.45, 7) is 0. The van der Waals surface area contributed by atoms with Gasteiger partial charge < -0.3 is 10.2 Å². The van der Waals surface area contributed by atoms with Crippen molar-refractivity contribution in [2.24, 2.45) is 5.92 Å². The Morgan fingerprint density at radius 1 is 1.11 bits per heavy atom. The third kappa shape index (κ3) is 2.98. The number of carboxylic acid groups (broad SMARTS) is 2. The highest BCUT2D eigenvalue weighted by Crippen LogP contribution is 2.18. The minimum Gasteiger partial charge on any atom is -0.481 e. The van der Waals surface area contributed by atoms with Gasteiger partial charge in [-0.15, -0.1) is 0 Å². The third-order valence-electron chi connectivity index (χ3n) is 2.79. The van der Waals surface area contributed by atoms with Crippen LogP contribution < -0.4 is 0 Å². The average molecular weight is 260 g/mol. The first-order valence-electron chi connectivity index (χ1n) is 5.62. The second kappa shape index (κ2) is 5.34. The number of aromatic amines is 1. The van der Waals surface area contributed by atoms with Gasteiger partial charge in [-0.05, 0) is 18.1 Å². The summed E-state index contributed by atoms with van der Waals surface area (Å²) in [5.41, 5.74) is 2.32. The van der Waals surface area contributed by atoms with Crippen LogP contribution >= 0.6 is 0 Å². The second-order valence-corrected chi connectivity index (χ2v) is 4.09. The number of hydrogen-bond acceptors (Lipinski definition) is 3. The van der Waals surface area contributed by atoms with Gasteiger partial charge in [-0.1, -0.05) is 24.3 Å². The molecule has 98 valence electrons. The Hall–Kier alpha value is -2.63. The van der Waals surface area contributed by atoms with Crippen LogP contribution in [-0.2, 0) is 16.0 Å². The van der Waals surface area contributed by atoms with Gasteiger partial charge in [0.2, 0.25) is 0 Å². The Kier molecular flexibility index (Phi) is 3.61. The lowest BCUT2D eigenvalue weighted by molar-refractivity contribution is -0.154. The Morgan fingerprint density at radius 3 is 2.21 bits per heavy atom. The minimum absolute atomic E-state index is 0.0362. The summed E-state index contributed by atoms with van der Waals surface area (Å²) < 4.78 is 0. The molecule has 2 aromatic rings. The lowest BCUT2D eigenvalue weighted by Crippen LogP contribution is -2.25. The van der Waals surface area contributed by atoms with Crippen LogP contribution in [0.1, 0.15) is 5.56 Å². The van der Waals surface area contributed by atoms with Crippen LogP contribution in [0, 0.1) is 5.92 Å². The standard InChI is InChI=1S/C13H12N2O4/c16-12(17)10(13(18)19)7-8-1-3-9(4-2-8)11-5-6-14-15-11/h1-6,10H,7H2,(H,14,15)(H,16,17)(H,18,19). The summed E-state index contributed by atoms with van der Waals surface area (Å²) in [7, 11) is 0. The number of rotatable bonds is 5. The number of nitrogens with one attached hydrogen (secondary N) is 1. The zero-order valence-corrected chi connectivity index (χ0v) is 9.91. The maximum Gasteiger partial charge on any atom is 0.318 e. The normalized spacial score (nSPS) is 10.6. The molecule has 2 rings (SSSR count). The lowest BCUT2D eigenvalue weighted by Gasteiger charge is -2.07. The van der Waals surface area contributed by atoms with E-state index < -0.39 is 17.9 Å². The number of H-pyrrole nitrogens is 1. The van der Waals surface area contributed by atoms with E-state index in [1.165, 1.54) is 0 Å². The van der Waals surface area contributed by atoms with E-state index in [2.05, 4.69) is 10.2 Å². The molecule has 0 aliphatic carbocycles. The molecule has 0 bridgehead atoms. The molecular weight excluding hydrogens is 248 g/mol. The quantitative estimate of drug-likeness (QED) is 0.705. The van der Waals surface area contributed by atoms with Gasteiger partial charge in [0.1, 0.15) is 0 Å². The predicted molar refractivity (Wildman–Crippen MR) is 66.5 cm³/mol. The van der Waals surface area contributed by atoms with E-state index in [4.69, 9.17) is 10.2 Å². The molecule has 0 unspecified atom stereocenters. The lowest BCUT2D eigenvalue weighted by atomic mass is 9.98. The van der Waals surface area contributed by atoms with E-state index in [9.17, 15) is 9.59 Å². The second-order valence-electron chi connectivity index (χ2n) is 4.09. The molecule has 6 heteroatoms. The van der Waals surface area contributed by atoms with Gasteiger partial charge in [0.05, 0.1) is 5.69 Å². The number of hydrogen-bond donors (Lipinski definition) is 3. The minimum atomic E-state index is -1.42. The number of aromatic nitrogens is 2. The van der Waals surface area contributed by atoms with Crippen LogP contribution in [0.3, 0.4) is 0 Å². The van der Waals surface area contributed by atoms with E-state index >= 15 is 0 Å².